The number of halogens is 1. The Morgan fingerprint density at radius 1 is 1.18 bits per heavy atom. The predicted octanol–water partition coefficient (Wildman–Crippen LogP) is 5.81. The summed E-state index contributed by atoms with van der Waals surface area (Å²) in [5.41, 5.74) is 4.12. The van der Waals surface area contributed by atoms with Crippen molar-refractivity contribution in [3.05, 3.63) is 39.0 Å². The van der Waals surface area contributed by atoms with Crippen molar-refractivity contribution in [3.8, 4) is 10.4 Å². The van der Waals surface area contributed by atoms with Crippen LogP contribution in [0.5, 0.6) is 0 Å². The van der Waals surface area contributed by atoms with Crippen LogP contribution in [-0.4, -0.2) is 67.1 Å². The third-order valence-electron chi connectivity index (χ3n) is 8.91. The van der Waals surface area contributed by atoms with Crippen LogP contribution in [0.4, 0.5) is 0 Å². The Morgan fingerprint density at radius 3 is 2.60 bits per heavy atom. The number of thiazole rings is 1. The molecule has 7 nitrogen and oxygen atoms in total. The molecule has 0 spiro atoms. The molecule has 1 saturated carbocycles. The molecule has 3 aliphatic rings. The molecule has 10 heteroatoms. The maximum absolute atomic E-state index is 13.3. The average molecular weight is 608 g/mol. The van der Waals surface area contributed by atoms with E-state index in [9.17, 15) is 13.2 Å². The Bertz CT molecular complexity index is 1320. The van der Waals surface area contributed by atoms with E-state index < -0.39 is 9.84 Å². The molecular weight excluding hydrogens is 566 g/mol. The number of amides is 1. The zero-order valence-electron chi connectivity index (χ0n) is 23.9. The summed E-state index contributed by atoms with van der Waals surface area (Å²) in [6.07, 6.45) is 7.91. The minimum Gasteiger partial charge on any atom is -0.378 e. The van der Waals surface area contributed by atoms with Crippen LogP contribution in [0.1, 0.15) is 85.4 Å². The molecule has 1 aromatic heterocycles. The van der Waals surface area contributed by atoms with Crippen LogP contribution in [0, 0.1) is 12.8 Å². The van der Waals surface area contributed by atoms with E-state index in [1.165, 1.54) is 49.0 Å². The van der Waals surface area contributed by atoms with Gasteiger partial charge in [0.25, 0.3) is 5.91 Å². The summed E-state index contributed by atoms with van der Waals surface area (Å²) < 4.78 is 29.4. The lowest BCUT2D eigenvalue weighted by Crippen LogP contribution is -2.52. The van der Waals surface area contributed by atoms with Gasteiger partial charge in [0.15, 0.2) is 5.01 Å². The minimum atomic E-state index is -2.99. The summed E-state index contributed by atoms with van der Waals surface area (Å²) in [6, 6.07) is 4.14. The van der Waals surface area contributed by atoms with Gasteiger partial charge in [-0.25, -0.2) is 13.4 Å². The van der Waals surface area contributed by atoms with Gasteiger partial charge in [-0.3, -0.25) is 9.69 Å². The van der Waals surface area contributed by atoms with Crippen LogP contribution >= 0.6 is 22.9 Å². The van der Waals surface area contributed by atoms with E-state index in [1.54, 1.807) is 0 Å². The Hall–Kier alpha value is -1.52. The predicted molar refractivity (Wildman–Crippen MR) is 162 cm³/mol. The van der Waals surface area contributed by atoms with Gasteiger partial charge in [0.05, 0.1) is 40.3 Å². The van der Waals surface area contributed by atoms with Gasteiger partial charge in [0.2, 0.25) is 0 Å². The van der Waals surface area contributed by atoms with Crippen molar-refractivity contribution in [2.24, 2.45) is 5.92 Å². The second-order valence-corrected chi connectivity index (χ2v) is 16.1. The average Bonchev–Trinajstić information content (AvgIpc) is 3.33. The first-order chi connectivity index (χ1) is 19.0. The molecule has 1 amide bonds. The number of ether oxygens (including phenoxy) is 1. The number of hydrogen-bond acceptors (Lipinski definition) is 7. The van der Waals surface area contributed by atoms with Crippen LogP contribution in [0.25, 0.3) is 10.4 Å². The number of nitrogens with one attached hydrogen (secondary N) is 1. The first-order valence-electron chi connectivity index (χ1n) is 14.6. The van der Waals surface area contributed by atoms with Crippen molar-refractivity contribution in [2.75, 3.05) is 31.3 Å². The molecule has 0 radical (unpaired) electrons. The van der Waals surface area contributed by atoms with Gasteiger partial charge in [-0.05, 0) is 57.1 Å². The van der Waals surface area contributed by atoms with E-state index in [2.05, 4.69) is 43.1 Å². The summed E-state index contributed by atoms with van der Waals surface area (Å²) in [5, 5.41) is 4.21. The van der Waals surface area contributed by atoms with Gasteiger partial charge < -0.3 is 10.1 Å². The third kappa shape index (κ3) is 6.92. The number of carbonyl (C=O) groups is 1. The smallest absolute Gasteiger partial charge is 0.280 e. The first kappa shape index (κ1) is 30.0. The molecule has 0 unspecified atom stereocenters. The Labute approximate surface area is 248 Å². The molecule has 40 heavy (non-hydrogen) atoms. The van der Waals surface area contributed by atoms with Crippen molar-refractivity contribution in [2.45, 2.75) is 90.3 Å². The van der Waals surface area contributed by atoms with Crippen LogP contribution in [0.3, 0.4) is 0 Å². The molecule has 2 aliphatic heterocycles. The Balaban J connectivity index is 1.41. The number of sulfone groups is 1. The molecule has 2 aromatic rings. The summed E-state index contributed by atoms with van der Waals surface area (Å²) in [6.45, 7) is 9.66. The van der Waals surface area contributed by atoms with Crippen molar-refractivity contribution in [1.29, 1.82) is 0 Å². The number of aromatic nitrogens is 1. The summed E-state index contributed by atoms with van der Waals surface area (Å²) in [7, 11) is -2.99. The minimum absolute atomic E-state index is 0.0363. The Morgan fingerprint density at radius 2 is 1.90 bits per heavy atom. The molecule has 0 bridgehead atoms. The number of hydrogen-bond donors (Lipinski definition) is 1. The highest BCUT2D eigenvalue weighted by Gasteiger charge is 2.32. The van der Waals surface area contributed by atoms with Gasteiger partial charge in [-0.15, -0.1) is 11.3 Å². The highest BCUT2D eigenvalue weighted by atomic mass is 35.5. The fourth-order valence-electron chi connectivity index (χ4n) is 6.20. The molecule has 1 aromatic carbocycles. The topological polar surface area (TPSA) is 88.6 Å². The lowest BCUT2D eigenvalue weighted by atomic mass is 9.85. The molecule has 5 rings (SSSR count). The first-order valence-corrected chi connectivity index (χ1v) is 17.7. The molecule has 2 saturated heterocycles. The highest BCUT2D eigenvalue weighted by molar-refractivity contribution is 7.91. The number of carbonyl (C=O) groups excluding carboxylic acids is 1. The van der Waals surface area contributed by atoms with Gasteiger partial charge in [0, 0.05) is 30.2 Å². The van der Waals surface area contributed by atoms with Crippen molar-refractivity contribution >= 4 is 38.7 Å². The van der Waals surface area contributed by atoms with Crippen LogP contribution in [0.15, 0.2) is 12.1 Å². The van der Waals surface area contributed by atoms with Gasteiger partial charge >= 0.3 is 0 Å². The van der Waals surface area contributed by atoms with E-state index in [4.69, 9.17) is 21.3 Å². The van der Waals surface area contributed by atoms with E-state index in [0.717, 1.165) is 52.8 Å². The zero-order chi connectivity index (χ0) is 28.5. The highest BCUT2D eigenvalue weighted by Crippen LogP contribution is 2.40. The number of morpholine rings is 1. The second-order valence-electron chi connectivity index (χ2n) is 12.4. The lowest BCUT2D eigenvalue weighted by Gasteiger charge is -2.42. The zero-order valence-corrected chi connectivity index (χ0v) is 26.3. The van der Waals surface area contributed by atoms with E-state index in [0.29, 0.717) is 30.4 Å². The van der Waals surface area contributed by atoms with Crippen LogP contribution in [-0.2, 0) is 27.5 Å². The SMILES string of the molecule is Cc1c(CN2CCOCC2(C)C)ccc(-c2sc(C(=O)NC3CCS(=O)(=O)CC3)nc2CC2CCCCC2)c1Cl. The van der Waals surface area contributed by atoms with Gasteiger partial charge in [-0.1, -0.05) is 55.8 Å². The Kier molecular flexibility index (Phi) is 9.27. The largest absolute Gasteiger partial charge is 0.378 e. The molecule has 3 fully saturated rings. The molecule has 0 atom stereocenters. The van der Waals surface area contributed by atoms with Crippen molar-refractivity contribution < 1.29 is 17.9 Å². The maximum Gasteiger partial charge on any atom is 0.280 e. The standard InChI is InChI=1S/C30H42ClN3O4S2/c1-20-22(18-34-13-14-38-19-30(34,2)3)9-10-24(26(20)31)27-25(17-21-7-5-4-6-8-21)33-29(39-27)28(35)32-23-11-15-40(36,37)16-12-23/h9-10,21,23H,4-8,11-19H2,1-3H3,(H,32,35). The van der Waals surface area contributed by atoms with Crippen LogP contribution < -0.4 is 5.32 Å². The summed E-state index contributed by atoms with van der Waals surface area (Å²) >= 11 is 8.49. The quantitative estimate of drug-likeness (QED) is 0.427. The van der Waals surface area contributed by atoms with Gasteiger partial charge in [-0.2, -0.15) is 0 Å². The lowest BCUT2D eigenvalue weighted by molar-refractivity contribution is -0.0553. The fourth-order valence-corrected chi connectivity index (χ4v) is 9.06. The summed E-state index contributed by atoms with van der Waals surface area (Å²) in [4.78, 5) is 21.6. The number of rotatable bonds is 7. The van der Waals surface area contributed by atoms with E-state index >= 15 is 0 Å². The number of nitrogens with zero attached hydrogens (tertiary/aromatic N) is 2. The molecule has 3 heterocycles. The van der Waals surface area contributed by atoms with Crippen molar-refractivity contribution in [3.63, 3.8) is 0 Å². The maximum atomic E-state index is 13.3. The van der Waals surface area contributed by atoms with E-state index in [-0.39, 0.29) is 29.0 Å². The third-order valence-corrected chi connectivity index (χ3v) is 12.2. The van der Waals surface area contributed by atoms with Gasteiger partial charge in [0.1, 0.15) is 9.84 Å². The van der Waals surface area contributed by atoms with E-state index in [1.807, 2.05) is 0 Å². The normalized spacial score (nSPS) is 22.3. The molecule has 1 aliphatic carbocycles. The number of benzene rings is 1. The second kappa shape index (κ2) is 12.4. The molecule has 1 N–H and O–H groups in total. The fraction of sp³-hybridized carbons (Fsp3) is 0.667. The summed E-state index contributed by atoms with van der Waals surface area (Å²) in [5.74, 6) is 0.592. The monoisotopic (exact) mass is 607 g/mol. The molecular formula is C30H42ClN3O4S2. The van der Waals surface area contributed by atoms with Crippen molar-refractivity contribution in [1.82, 2.24) is 15.2 Å². The van der Waals surface area contributed by atoms with Crippen LogP contribution in [0.2, 0.25) is 5.02 Å². The molecule has 220 valence electrons.